The molecule has 4 nitrogen and oxygen atoms in total. The van der Waals surface area contributed by atoms with Gasteiger partial charge in [0.15, 0.2) is 5.12 Å². The minimum Gasteiger partial charge on any atom is -0.748 e. The Hall–Kier alpha value is 0.930. The van der Waals surface area contributed by atoms with E-state index in [4.69, 9.17) is 0 Å². The Labute approximate surface area is 98.5 Å². The molecule has 0 aromatic heterocycles. The Morgan fingerprint density at radius 1 is 1.50 bits per heavy atom. The Kier molecular flexibility index (Phi) is 9.43. The van der Waals surface area contributed by atoms with Crippen LogP contribution in [0, 0.1) is 0 Å². The van der Waals surface area contributed by atoms with Crippen molar-refractivity contribution in [3.8, 4) is 0 Å². The van der Waals surface area contributed by atoms with Gasteiger partial charge in [0.05, 0.1) is 10.1 Å². The number of rotatable bonds is 4. The molecule has 0 aliphatic heterocycles. The molecule has 0 aliphatic carbocycles. The summed E-state index contributed by atoms with van der Waals surface area (Å²) in [5.41, 5.74) is 0. The summed E-state index contributed by atoms with van der Waals surface area (Å²) in [5.74, 6) is 0.0179. The summed E-state index contributed by atoms with van der Waals surface area (Å²) in [6.07, 6.45) is 0.246. The quantitative estimate of drug-likeness (QED) is 0.291. The normalized spacial score (nSPS) is 10.5. The van der Waals surface area contributed by atoms with E-state index in [1.807, 2.05) is 0 Å². The standard InChI is InChI=1S/C5H10O4S2.Na/c1-5(6)10-3-2-4-11(7,8)9;/h2-4H2,1H3,(H,7,8,9);/q;+1/p-1. The number of carbonyl (C=O) groups is 1. The molecule has 0 saturated heterocycles. The van der Waals surface area contributed by atoms with Gasteiger partial charge in [0.2, 0.25) is 0 Å². The second-order valence-electron chi connectivity index (χ2n) is 1.96. The molecular formula is C5H9NaO4S2. The van der Waals surface area contributed by atoms with Crippen LogP contribution in [0.15, 0.2) is 0 Å². The first kappa shape index (κ1) is 15.4. The molecule has 0 aromatic rings. The van der Waals surface area contributed by atoms with Crippen LogP contribution in [0.3, 0.4) is 0 Å². The number of hydrogen-bond donors (Lipinski definition) is 0. The first-order valence-electron chi connectivity index (χ1n) is 2.99. The second-order valence-corrected chi connectivity index (χ2v) is 4.75. The smallest absolute Gasteiger partial charge is 0.748 e. The molecule has 0 heterocycles. The maximum atomic E-state index is 10.3. The average molecular weight is 220 g/mol. The number of hydrogen-bond acceptors (Lipinski definition) is 5. The maximum Gasteiger partial charge on any atom is 1.00 e. The Morgan fingerprint density at radius 3 is 2.33 bits per heavy atom. The minimum atomic E-state index is -4.10. The van der Waals surface area contributed by atoms with Gasteiger partial charge in [0.25, 0.3) is 0 Å². The fourth-order valence-corrected chi connectivity index (χ4v) is 1.71. The molecule has 7 heteroatoms. The predicted molar refractivity (Wildman–Crippen MR) is 42.3 cm³/mol. The minimum absolute atomic E-state index is 0. The molecule has 0 aliphatic rings. The third-order valence-corrected chi connectivity index (χ3v) is 2.53. The van der Waals surface area contributed by atoms with Crippen LogP contribution in [0.5, 0.6) is 0 Å². The molecular weight excluding hydrogens is 211 g/mol. The Bertz CT molecular complexity index is 224. The molecule has 0 atom stereocenters. The van der Waals surface area contributed by atoms with Crippen LogP contribution in [-0.4, -0.2) is 29.6 Å². The van der Waals surface area contributed by atoms with Crippen LogP contribution in [0.2, 0.25) is 0 Å². The summed E-state index contributed by atoms with van der Waals surface area (Å²) in [6, 6.07) is 0. The van der Waals surface area contributed by atoms with Gasteiger partial charge in [-0.1, -0.05) is 11.8 Å². The van der Waals surface area contributed by atoms with Crippen LogP contribution in [0.25, 0.3) is 0 Å². The zero-order valence-corrected chi connectivity index (χ0v) is 10.7. The van der Waals surface area contributed by atoms with Gasteiger partial charge in [-0.15, -0.1) is 0 Å². The largest absolute Gasteiger partial charge is 1.00 e. The van der Waals surface area contributed by atoms with Crippen molar-refractivity contribution in [3.05, 3.63) is 0 Å². The topological polar surface area (TPSA) is 74.3 Å². The van der Waals surface area contributed by atoms with Crippen molar-refractivity contribution >= 4 is 27.0 Å². The van der Waals surface area contributed by atoms with Gasteiger partial charge in [0.1, 0.15) is 0 Å². The van der Waals surface area contributed by atoms with E-state index < -0.39 is 10.1 Å². The van der Waals surface area contributed by atoms with Crippen molar-refractivity contribution < 1.29 is 47.3 Å². The van der Waals surface area contributed by atoms with E-state index in [1.165, 1.54) is 6.92 Å². The summed E-state index contributed by atoms with van der Waals surface area (Å²) in [5, 5.41) is -0.0618. The van der Waals surface area contributed by atoms with Crippen molar-refractivity contribution in [3.63, 3.8) is 0 Å². The summed E-state index contributed by atoms with van der Waals surface area (Å²) in [4.78, 5) is 10.3. The van der Waals surface area contributed by atoms with Crippen LogP contribution in [-0.2, 0) is 14.9 Å². The molecule has 0 rings (SSSR count). The van der Waals surface area contributed by atoms with E-state index in [0.717, 1.165) is 11.8 Å². The molecule has 0 bridgehead atoms. The summed E-state index contributed by atoms with van der Waals surface area (Å²) < 4.78 is 30.1. The predicted octanol–water partition coefficient (Wildman–Crippen LogP) is -2.79. The van der Waals surface area contributed by atoms with Crippen molar-refractivity contribution in [2.75, 3.05) is 11.5 Å². The van der Waals surface area contributed by atoms with E-state index >= 15 is 0 Å². The number of thioether (sulfide) groups is 1. The van der Waals surface area contributed by atoms with E-state index in [2.05, 4.69) is 0 Å². The van der Waals surface area contributed by atoms with Crippen LogP contribution in [0.1, 0.15) is 13.3 Å². The fourth-order valence-electron chi connectivity index (χ4n) is 0.452. The molecule has 0 amide bonds. The van der Waals surface area contributed by atoms with Gasteiger partial charge in [-0.05, 0) is 6.42 Å². The molecule has 0 fully saturated rings. The van der Waals surface area contributed by atoms with Gasteiger partial charge in [-0.3, -0.25) is 4.79 Å². The summed E-state index contributed by atoms with van der Waals surface area (Å²) in [7, 11) is -4.10. The first-order chi connectivity index (χ1) is 4.92. The summed E-state index contributed by atoms with van der Waals surface area (Å²) >= 11 is 1.03. The Balaban J connectivity index is 0. The maximum absolute atomic E-state index is 10.3. The second kappa shape index (κ2) is 7.34. The van der Waals surface area contributed by atoms with Crippen molar-refractivity contribution in [1.29, 1.82) is 0 Å². The van der Waals surface area contributed by atoms with Crippen LogP contribution in [0.4, 0.5) is 0 Å². The van der Waals surface area contributed by atoms with Crippen LogP contribution >= 0.6 is 11.8 Å². The Morgan fingerprint density at radius 2 is 2.00 bits per heavy atom. The third kappa shape index (κ3) is 13.5. The van der Waals surface area contributed by atoms with Crippen molar-refractivity contribution in [2.45, 2.75) is 13.3 Å². The van der Waals surface area contributed by atoms with Crippen molar-refractivity contribution in [1.82, 2.24) is 0 Å². The van der Waals surface area contributed by atoms with Gasteiger partial charge >= 0.3 is 29.6 Å². The van der Waals surface area contributed by atoms with Gasteiger partial charge in [0, 0.05) is 18.4 Å². The zero-order chi connectivity index (χ0) is 8.91. The molecule has 0 aromatic carbocycles. The van der Waals surface area contributed by atoms with Gasteiger partial charge < -0.3 is 4.55 Å². The van der Waals surface area contributed by atoms with E-state index in [1.54, 1.807) is 0 Å². The fraction of sp³-hybridized carbons (Fsp3) is 0.800. The monoisotopic (exact) mass is 220 g/mol. The summed E-state index contributed by atoms with van der Waals surface area (Å²) in [6.45, 7) is 1.40. The molecule has 0 saturated carbocycles. The molecule has 0 N–H and O–H groups in total. The molecule has 12 heavy (non-hydrogen) atoms. The van der Waals surface area contributed by atoms with E-state index in [-0.39, 0.29) is 46.8 Å². The SMILES string of the molecule is CC(=O)SCCCS(=O)(=O)[O-].[Na+]. The number of carbonyl (C=O) groups excluding carboxylic acids is 1. The van der Waals surface area contributed by atoms with Gasteiger partial charge in [-0.25, -0.2) is 8.42 Å². The molecule has 0 spiro atoms. The van der Waals surface area contributed by atoms with Gasteiger partial charge in [-0.2, -0.15) is 0 Å². The van der Waals surface area contributed by atoms with Crippen LogP contribution < -0.4 is 29.6 Å². The average Bonchev–Trinajstić information content (AvgIpc) is 1.78. The van der Waals surface area contributed by atoms with Crippen molar-refractivity contribution in [2.24, 2.45) is 0 Å². The molecule has 0 unspecified atom stereocenters. The molecule has 66 valence electrons. The molecule has 0 radical (unpaired) electrons. The van der Waals surface area contributed by atoms with E-state index in [9.17, 15) is 17.8 Å². The van der Waals surface area contributed by atoms with E-state index in [0.29, 0.717) is 5.75 Å². The zero-order valence-electron chi connectivity index (χ0n) is 7.07. The first-order valence-corrected chi connectivity index (χ1v) is 5.55. The third-order valence-electron chi connectivity index (χ3n) is 0.844.